The van der Waals surface area contributed by atoms with Crippen molar-refractivity contribution in [2.24, 2.45) is 5.73 Å². The molecule has 0 aromatic rings. The van der Waals surface area contributed by atoms with Gasteiger partial charge in [-0.3, -0.25) is 0 Å². The lowest BCUT2D eigenvalue weighted by atomic mass is 10.2. The molecule has 0 aromatic heterocycles. The van der Waals surface area contributed by atoms with Crippen LogP contribution in [0.1, 0.15) is 13.3 Å². The molecule has 1 atom stereocenters. The molecule has 0 aliphatic carbocycles. The first kappa shape index (κ1) is 5.96. The molecule has 0 aromatic carbocycles. The summed E-state index contributed by atoms with van der Waals surface area (Å²) in [6.07, 6.45) is 0.766. The molecule has 0 spiro atoms. The van der Waals surface area contributed by atoms with Crippen molar-refractivity contribution in [2.45, 2.75) is 19.4 Å². The Hall–Kier alpha value is -1.17. The highest BCUT2D eigenvalue weighted by atomic mass is 15.0. The molecule has 1 unspecified atom stereocenters. The zero-order valence-electron chi connectivity index (χ0n) is 5.31. The Kier molecular flexibility index (Phi) is 1.31. The van der Waals surface area contributed by atoms with Crippen LogP contribution in [0.4, 0.5) is 0 Å². The van der Waals surface area contributed by atoms with Crippen molar-refractivity contribution in [2.75, 3.05) is 0 Å². The second-order valence-corrected chi connectivity index (χ2v) is 2.25. The highest BCUT2D eigenvalue weighted by Crippen LogP contribution is 2.13. The quantitative estimate of drug-likeness (QED) is 0.479. The van der Waals surface area contributed by atoms with Crippen LogP contribution in [0, 0.1) is 11.3 Å². The minimum atomic E-state index is 0.333. The summed E-state index contributed by atoms with van der Waals surface area (Å²) < 4.78 is 0. The van der Waals surface area contributed by atoms with Crippen molar-refractivity contribution in [1.82, 2.24) is 5.32 Å². The van der Waals surface area contributed by atoms with Crippen LogP contribution in [0.3, 0.4) is 0 Å². The van der Waals surface area contributed by atoms with Crippen LogP contribution in [0.15, 0.2) is 11.4 Å². The average molecular weight is 123 g/mol. The van der Waals surface area contributed by atoms with Crippen molar-refractivity contribution in [3.05, 3.63) is 11.4 Å². The van der Waals surface area contributed by atoms with Gasteiger partial charge in [-0.05, 0) is 6.92 Å². The SMILES string of the molecule is CC1CC(C#N)=C(N)N1. The predicted molar refractivity (Wildman–Crippen MR) is 34.0 cm³/mol. The summed E-state index contributed by atoms with van der Waals surface area (Å²) >= 11 is 0. The molecule has 0 saturated carbocycles. The lowest BCUT2D eigenvalue weighted by Gasteiger charge is -2.01. The standard InChI is InChI=1S/C6H9N3/c1-4-2-5(3-7)6(8)9-4/h4,9H,2,8H2,1H3. The molecule has 1 rings (SSSR count). The predicted octanol–water partition coefficient (Wildman–Crippen LogP) is 0.0621. The molecule has 0 bridgehead atoms. The van der Waals surface area contributed by atoms with Gasteiger partial charge in [0.05, 0.1) is 11.6 Å². The lowest BCUT2D eigenvalue weighted by molar-refractivity contribution is 0.665. The number of hydrogen-bond acceptors (Lipinski definition) is 3. The fourth-order valence-electron chi connectivity index (χ4n) is 0.926. The third-order valence-electron chi connectivity index (χ3n) is 1.37. The molecule has 0 saturated heterocycles. The van der Waals surface area contributed by atoms with Crippen LogP contribution >= 0.6 is 0 Å². The summed E-state index contributed by atoms with van der Waals surface area (Å²) in [5, 5.41) is 11.4. The number of nitriles is 1. The average Bonchev–Trinajstić information content (AvgIpc) is 2.10. The van der Waals surface area contributed by atoms with Crippen molar-refractivity contribution < 1.29 is 0 Å². The molecule has 0 radical (unpaired) electrons. The van der Waals surface area contributed by atoms with Gasteiger partial charge in [0.1, 0.15) is 5.82 Å². The normalized spacial score (nSPS) is 25.6. The largest absolute Gasteiger partial charge is 0.385 e. The van der Waals surface area contributed by atoms with Crippen LogP contribution in [0.2, 0.25) is 0 Å². The van der Waals surface area contributed by atoms with E-state index in [2.05, 4.69) is 5.32 Å². The Balaban J connectivity index is 2.73. The molecule has 48 valence electrons. The van der Waals surface area contributed by atoms with Gasteiger partial charge in [0.15, 0.2) is 0 Å². The fraction of sp³-hybridized carbons (Fsp3) is 0.500. The summed E-state index contributed by atoms with van der Waals surface area (Å²) in [7, 11) is 0. The first-order valence-electron chi connectivity index (χ1n) is 2.89. The minimum Gasteiger partial charge on any atom is -0.385 e. The van der Waals surface area contributed by atoms with Gasteiger partial charge in [0.2, 0.25) is 0 Å². The van der Waals surface area contributed by atoms with Crippen molar-refractivity contribution in [3.8, 4) is 6.07 Å². The molecule has 3 heteroatoms. The van der Waals surface area contributed by atoms with Crippen LogP contribution in [0.5, 0.6) is 0 Å². The highest BCUT2D eigenvalue weighted by molar-refractivity contribution is 5.30. The maximum atomic E-state index is 8.43. The minimum absolute atomic E-state index is 0.333. The van der Waals surface area contributed by atoms with Gasteiger partial charge in [-0.2, -0.15) is 5.26 Å². The Morgan fingerprint density at radius 2 is 2.56 bits per heavy atom. The number of rotatable bonds is 0. The van der Waals surface area contributed by atoms with Gasteiger partial charge in [-0.15, -0.1) is 0 Å². The zero-order valence-corrected chi connectivity index (χ0v) is 5.31. The van der Waals surface area contributed by atoms with E-state index < -0.39 is 0 Å². The van der Waals surface area contributed by atoms with Crippen LogP contribution in [-0.4, -0.2) is 6.04 Å². The van der Waals surface area contributed by atoms with E-state index in [-0.39, 0.29) is 0 Å². The van der Waals surface area contributed by atoms with Crippen LogP contribution in [-0.2, 0) is 0 Å². The molecular weight excluding hydrogens is 114 g/mol. The maximum Gasteiger partial charge on any atom is 0.110 e. The van der Waals surface area contributed by atoms with E-state index in [4.69, 9.17) is 11.0 Å². The lowest BCUT2D eigenvalue weighted by Crippen LogP contribution is -2.22. The molecule has 1 aliphatic rings. The zero-order chi connectivity index (χ0) is 6.85. The fourth-order valence-corrected chi connectivity index (χ4v) is 0.926. The van der Waals surface area contributed by atoms with Gasteiger partial charge in [-0.25, -0.2) is 0 Å². The van der Waals surface area contributed by atoms with Crippen molar-refractivity contribution in [1.29, 1.82) is 5.26 Å². The Labute approximate surface area is 54.2 Å². The van der Waals surface area contributed by atoms with E-state index in [0.717, 1.165) is 6.42 Å². The Morgan fingerprint density at radius 1 is 1.89 bits per heavy atom. The Bertz CT molecular complexity index is 187. The summed E-state index contributed by atoms with van der Waals surface area (Å²) in [5.74, 6) is 0.546. The van der Waals surface area contributed by atoms with Gasteiger partial charge in [-0.1, -0.05) is 0 Å². The summed E-state index contributed by atoms with van der Waals surface area (Å²) in [5.41, 5.74) is 6.11. The third-order valence-corrected chi connectivity index (χ3v) is 1.37. The van der Waals surface area contributed by atoms with Crippen LogP contribution < -0.4 is 11.1 Å². The second kappa shape index (κ2) is 1.98. The number of nitrogens with zero attached hydrogens (tertiary/aromatic N) is 1. The number of hydrogen-bond donors (Lipinski definition) is 2. The summed E-state index contributed by atoms with van der Waals surface area (Å²) in [6, 6.07) is 2.37. The first-order chi connectivity index (χ1) is 4.24. The molecule has 1 aliphatic heterocycles. The van der Waals surface area contributed by atoms with Gasteiger partial charge in [0.25, 0.3) is 0 Å². The summed E-state index contributed by atoms with van der Waals surface area (Å²) in [4.78, 5) is 0. The smallest absolute Gasteiger partial charge is 0.110 e. The van der Waals surface area contributed by atoms with Crippen LogP contribution in [0.25, 0.3) is 0 Å². The molecule has 3 N–H and O–H groups in total. The maximum absolute atomic E-state index is 8.43. The first-order valence-corrected chi connectivity index (χ1v) is 2.89. The topological polar surface area (TPSA) is 61.8 Å². The highest BCUT2D eigenvalue weighted by Gasteiger charge is 2.16. The third kappa shape index (κ3) is 0.968. The Morgan fingerprint density at radius 3 is 2.78 bits per heavy atom. The second-order valence-electron chi connectivity index (χ2n) is 2.25. The number of nitrogens with two attached hydrogens (primary N) is 1. The molecule has 0 amide bonds. The number of nitrogens with one attached hydrogen (secondary N) is 1. The van der Waals surface area contributed by atoms with Crippen molar-refractivity contribution in [3.63, 3.8) is 0 Å². The van der Waals surface area contributed by atoms with E-state index in [1.54, 1.807) is 0 Å². The van der Waals surface area contributed by atoms with E-state index in [1.807, 2.05) is 13.0 Å². The summed E-state index contributed by atoms with van der Waals surface area (Å²) in [6.45, 7) is 2.00. The monoisotopic (exact) mass is 123 g/mol. The molecular formula is C6H9N3. The molecule has 9 heavy (non-hydrogen) atoms. The molecule has 1 heterocycles. The van der Waals surface area contributed by atoms with Gasteiger partial charge in [0, 0.05) is 12.5 Å². The van der Waals surface area contributed by atoms with E-state index >= 15 is 0 Å². The molecule has 3 nitrogen and oxygen atoms in total. The van der Waals surface area contributed by atoms with E-state index in [0.29, 0.717) is 17.4 Å². The van der Waals surface area contributed by atoms with Gasteiger partial charge >= 0.3 is 0 Å². The van der Waals surface area contributed by atoms with Crippen molar-refractivity contribution >= 4 is 0 Å². The van der Waals surface area contributed by atoms with E-state index in [9.17, 15) is 0 Å². The van der Waals surface area contributed by atoms with Gasteiger partial charge < -0.3 is 11.1 Å². The van der Waals surface area contributed by atoms with E-state index in [1.165, 1.54) is 0 Å². The molecule has 0 fully saturated rings.